The highest BCUT2D eigenvalue weighted by molar-refractivity contribution is 8.01. The highest BCUT2D eigenvalue weighted by atomic mass is 32.2. The molecule has 0 saturated heterocycles. The molecule has 0 bridgehead atoms. The van der Waals surface area contributed by atoms with E-state index in [1.54, 1.807) is 16.7 Å². The average molecular weight is 391 g/mol. The van der Waals surface area contributed by atoms with Crippen molar-refractivity contribution in [2.75, 3.05) is 17.7 Å². The Morgan fingerprint density at radius 3 is 2.65 bits per heavy atom. The molecule has 0 N–H and O–H groups in total. The van der Waals surface area contributed by atoms with Crippen molar-refractivity contribution < 1.29 is 9.59 Å². The Bertz CT molecular complexity index is 804. The SMILES string of the molecule is CC(=O)N(c1nnc(SCC(=O)N(C)Cc2ccccc2C)s1)C1CC1. The smallest absolute Gasteiger partial charge is 0.233 e. The zero-order valence-corrected chi connectivity index (χ0v) is 16.8. The van der Waals surface area contributed by atoms with Crippen molar-refractivity contribution >= 4 is 40.0 Å². The zero-order valence-electron chi connectivity index (χ0n) is 15.1. The minimum Gasteiger partial charge on any atom is -0.341 e. The number of amides is 2. The fourth-order valence-electron chi connectivity index (χ4n) is 2.60. The summed E-state index contributed by atoms with van der Waals surface area (Å²) in [5.41, 5.74) is 2.33. The first-order chi connectivity index (χ1) is 12.5. The molecule has 1 aromatic heterocycles. The first-order valence-electron chi connectivity index (χ1n) is 8.50. The lowest BCUT2D eigenvalue weighted by atomic mass is 10.1. The molecule has 3 rings (SSSR count). The fraction of sp³-hybridized carbons (Fsp3) is 0.444. The fourth-order valence-corrected chi connectivity index (χ4v) is 4.50. The van der Waals surface area contributed by atoms with E-state index in [1.807, 2.05) is 38.2 Å². The number of aromatic nitrogens is 2. The second-order valence-electron chi connectivity index (χ2n) is 6.44. The van der Waals surface area contributed by atoms with Gasteiger partial charge in [-0.2, -0.15) is 0 Å². The highest BCUT2D eigenvalue weighted by Crippen LogP contribution is 2.35. The summed E-state index contributed by atoms with van der Waals surface area (Å²) < 4.78 is 0.713. The van der Waals surface area contributed by atoms with Gasteiger partial charge in [-0.05, 0) is 30.9 Å². The van der Waals surface area contributed by atoms with Crippen LogP contribution in [0.4, 0.5) is 5.13 Å². The van der Waals surface area contributed by atoms with Gasteiger partial charge in [-0.1, -0.05) is 47.4 Å². The number of aryl methyl sites for hydroxylation is 1. The van der Waals surface area contributed by atoms with Crippen LogP contribution in [0.15, 0.2) is 28.6 Å². The molecule has 0 spiro atoms. The predicted octanol–water partition coefficient (Wildman–Crippen LogP) is 3.11. The summed E-state index contributed by atoms with van der Waals surface area (Å²) in [6, 6.07) is 8.33. The molecule has 2 amide bonds. The average Bonchev–Trinajstić information content (AvgIpc) is 3.32. The van der Waals surface area contributed by atoms with E-state index in [-0.39, 0.29) is 17.9 Å². The van der Waals surface area contributed by atoms with E-state index in [1.165, 1.54) is 28.7 Å². The van der Waals surface area contributed by atoms with Crippen LogP contribution in [-0.2, 0) is 16.1 Å². The molecule has 1 aromatic carbocycles. The minimum absolute atomic E-state index is 0.00533. The Kier molecular flexibility index (Phi) is 5.93. The summed E-state index contributed by atoms with van der Waals surface area (Å²) in [5.74, 6) is 0.343. The van der Waals surface area contributed by atoms with Crippen LogP contribution in [0.3, 0.4) is 0 Å². The van der Waals surface area contributed by atoms with E-state index in [9.17, 15) is 9.59 Å². The molecule has 0 unspecified atom stereocenters. The van der Waals surface area contributed by atoms with Gasteiger partial charge in [0.25, 0.3) is 0 Å². The van der Waals surface area contributed by atoms with Gasteiger partial charge in [-0.15, -0.1) is 10.2 Å². The van der Waals surface area contributed by atoms with E-state index in [4.69, 9.17) is 0 Å². The second-order valence-corrected chi connectivity index (χ2v) is 8.61. The molecular formula is C18H22N4O2S2. The minimum atomic E-state index is -0.00533. The molecule has 138 valence electrons. The van der Waals surface area contributed by atoms with Gasteiger partial charge in [-0.3, -0.25) is 14.5 Å². The number of nitrogens with zero attached hydrogens (tertiary/aromatic N) is 4. The lowest BCUT2D eigenvalue weighted by Crippen LogP contribution is -2.30. The normalized spacial score (nSPS) is 13.5. The third kappa shape index (κ3) is 4.62. The number of rotatable bonds is 7. The number of hydrogen-bond acceptors (Lipinski definition) is 6. The number of anilines is 1. The molecule has 6 nitrogen and oxygen atoms in total. The number of benzene rings is 1. The number of hydrogen-bond donors (Lipinski definition) is 0. The molecule has 0 aliphatic heterocycles. The van der Waals surface area contributed by atoms with Crippen LogP contribution >= 0.6 is 23.1 Å². The van der Waals surface area contributed by atoms with E-state index in [0.29, 0.717) is 21.8 Å². The Morgan fingerprint density at radius 1 is 1.27 bits per heavy atom. The standard InChI is InChI=1S/C18H22N4O2S2/c1-12-6-4-5-7-14(12)10-21(3)16(24)11-25-18-20-19-17(26-18)22(13(2)23)15-8-9-15/h4-7,15H,8-11H2,1-3H3. The van der Waals surface area contributed by atoms with Gasteiger partial charge in [0, 0.05) is 26.6 Å². The molecule has 0 atom stereocenters. The van der Waals surface area contributed by atoms with Crippen LogP contribution in [0.25, 0.3) is 0 Å². The summed E-state index contributed by atoms with van der Waals surface area (Å²) in [6.07, 6.45) is 2.04. The van der Waals surface area contributed by atoms with Crippen molar-refractivity contribution in [1.82, 2.24) is 15.1 Å². The van der Waals surface area contributed by atoms with Crippen LogP contribution in [0, 0.1) is 6.92 Å². The third-order valence-electron chi connectivity index (χ3n) is 4.27. The Morgan fingerprint density at radius 2 is 2.00 bits per heavy atom. The number of carbonyl (C=O) groups is 2. The van der Waals surface area contributed by atoms with E-state index < -0.39 is 0 Å². The molecule has 1 aliphatic carbocycles. The molecule has 26 heavy (non-hydrogen) atoms. The van der Waals surface area contributed by atoms with Gasteiger partial charge in [0.2, 0.25) is 16.9 Å². The summed E-state index contributed by atoms with van der Waals surface area (Å²) in [4.78, 5) is 27.6. The maximum atomic E-state index is 12.4. The topological polar surface area (TPSA) is 66.4 Å². The van der Waals surface area contributed by atoms with Crippen molar-refractivity contribution in [3.63, 3.8) is 0 Å². The van der Waals surface area contributed by atoms with Crippen LogP contribution in [-0.4, -0.2) is 45.8 Å². The summed E-state index contributed by atoms with van der Waals surface area (Å²) in [7, 11) is 1.81. The molecule has 1 heterocycles. The first-order valence-corrected chi connectivity index (χ1v) is 10.3. The summed E-state index contributed by atoms with van der Waals surface area (Å²) in [6.45, 7) is 4.19. The van der Waals surface area contributed by atoms with E-state index >= 15 is 0 Å². The van der Waals surface area contributed by atoms with Crippen molar-refractivity contribution in [1.29, 1.82) is 0 Å². The van der Waals surface area contributed by atoms with Gasteiger partial charge in [0.05, 0.1) is 5.75 Å². The predicted molar refractivity (Wildman–Crippen MR) is 104 cm³/mol. The summed E-state index contributed by atoms with van der Waals surface area (Å²) in [5, 5.41) is 8.88. The van der Waals surface area contributed by atoms with Gasteiger partial charge in [0.1, 0.15) is 0 Å². The van der Waals surface area contributed by atoms with Crippen molar-refractivity contribution in [3.05, 3.63) is 35.4 Å². The first kappa shape index (κ1) is 18.8. The number of carbonyl (C=O) groups excluding carboxylic acids is 2. The van der Waals surface area contributed by atoms with Gasteiger partial charge in [0.15, 0.2) is 4.34 Å². The molecule has 8 heteroatoms. The molecule has 1 saturated carbocycles. The number of thioether (sulfide) groups is 1. The van der Waals surface area contributed by atoms with Gasteiger partial charge >= 0.3 is 0 Å². The lowest BCUT2D eigenvalue weighted by molar-refractivity contribution is -0.127. The Labute approximate surface area is 161 Å². The third-order valence-corrected chi connectivity index (χ3v) is 6.31. The molecule has 1 aliphatic rings. The monoisotopic (exact) mass is 390 g/mol. The van der Waals surface area contributed by atoms with Crippen molar-refractivity contribution in [2.45, 2.75) is 43.6 Å². The summed E-state index contributed by atoms with van der Waals surface area (Å²) >= 11 is 2.74. The quantitative estimate of drug-likeness (QED) is 0.537. The zero-order chi connectivity index (χ0) is 18.7. The van der Waals surface area contributed by atoms with Crippen molar-refractivity contribution in [3.8, 4) is 0 Å². The molecule has 1 fully saturated rings. The van der Waals surface area contributed by atoms with Crippen LogP contribution in [0.5, 0.6) is 0 Å². The van der Waals surface area contributed by atoms with Gasteiger partial charge < -0.3 is 4.90 Å². The van der Waals surface area contributed by atoms with Crippen LogP contribution in [0.2, 0.25) is 0 Å². The molecule has 0 radical (unpaired) electrons. The lowest BCUT2D eigenvalue weighted by Gasteiger charge is -2.18. The van der Waals surface area contributed by atoms with Crippen molar-refractivity contribution in [2.24, 2.45) is 0 Å². The van der Waals surface area contributed by atoms with E-state index in [0.717, 1.165) is 18.4 Å². The Balaban J connectivity index is 1.54. The van der Waals surface area contributed by atoms with E-state index in [2.05, 4.69) is 10.2 Å². The largest absolute Gasteiger partial charge is 0.341 e. The molecular weight excluding hydrogens is 368 g/mol. The maximum absolute atomic E-state index is 12.4. The van der Waals surface area contributed by atoms with Crippen LogP contribution < -0.4 is 4.90 Å². The second kappa shape index (κ2) is 8.18. The molecule has 2 aromatic rings. The highest BCUT2D eigenvalue weighted by Gasteiger charge is 2.34. The maximum Gasteiger partial charge on any atom is 0.233 e. The van der Waals surface area contributed by atoms with Crippen LogP contribution in [0.1, 0.15) is 30.9 Å². The Hall–Kier alpha value is -1.93. The van der Waals surface area contributed by atoms with Gasteiger partial charge in [-0.25, -0.2) is 0 Å².